The second kappa shape index (κ2) is 8.01. The van der Waals surface area contributed by atoms with E-state index >= 15 is 0 Å². The molecule has 0 saturated heterocycles. The molecule has 2 aromatic rings. The summed E-state index contributed by atoms with van der Waals surface area (Å²) in [5, 5.41) is 11.7. The van der Waals surface area contributed by atoms with E-state index in [-0.39, 0.29) is 5.97 Å². The van der Waals surface area contributed by atoms with E-state index in [2.05, 4.69) is 15.0 Å². The lowest BCUT2D eigenvalue weighted by atomic mass is 10.0. The zero-order valence-corrected chi connectivity index (χ0v) is 13.6. The molecule has 0 aliphatic heterocycles. The molecule has 0 atom stereocenters. The van der Waals surface area contributed by atoms with Gasteiger partial charge in [0.2, 0.25) is 0 Å². The van der Waals surface area contributed by atoms with Gasteiger partial charge in [0.1, 0.15) is 0 Å². The molecule has 0 saturated carbocycles. The van der Waals surface area contributed by atoms with Gasteiger partial charge in [-0.15, -0.1) is 0 Å². The molecular weight excluding hydrogens is 310 g/mol. The minimum Gasteiger partial charge on any atom is -0.465 e. The fourth-order valence-electron chi connectivity index (χ4n) is 1.93. The van der Waals surface area contributed by atoms with Gasteiger partial charge in [0.05, 0.1) is 18.4 Å². The number of methoxy groups -OCH3 is 1. The first kappa shape index (κ1) is 16.6. The topological polar surface area (TPSA) is 74.5 Å². The second-order valence-corrected chi connectivity index (χ2v) is 5.27. The van der Waals surface area contributed by atoms with Crippen LogP contribution in [0.25, 0.3) is 11.1 Å². The normalized spacial score (nSPS) is 10.7. The molecule has 2 rings (SSSR count). The van der Waals surface area contributed by atoms with E-state index in [0.717, 1.165) is 16.8 Å². The van der Waals surface area contributed by atoms with Crippen LogP contribution in [0.15, 0.2) is 53.5 Å². The summed E-state index contributed by atoms with van der Waals surface area (Å²) in [7, 11) is 1.36. The van der Waals surface area contributed by atoms with Gasteiger partial charge in [-0.05, 0) is 41.6 Å². The van der Waals surface area contributed by atoms with Crippen molar-refractivity contribution in [1.29, 1.82) is 5.26 Å². The number of nitrogens with one attached hydrogen (secondary N) is 1. The van der Waals surface area contributed by atoms with E-state index in [1.807, 2.05) is 48.8 Å². The van der Waals surface area contributed by atoms with Crippen molar-refractivity contribution < 1.29 is 9.53 Å². The van der Waals surface area contributed by atoms with E-state index in [4.69, 9.17) is 5.26 Å². The Morgan fingerprint density at radius 3 is 2.17 bits per heavy atom. The highest BCUT2D eigenvalue weighted by Crippen LogP contribution is 2.23. The summed E-state index contributed by atoms with van der Waals surface area (Å²) in [5.74, 6) is -0.351. The average molecular weight is 325 g/mol. The monoisotopic (exact) mass is 325 g/mol. The van der Waals surface area contributed by atoms with E-state index in [1.54, 1.807) is 12.1 Å². The number of hydrogen-bond donors (Lipinski definition) is 1. The van der Waals surface area contributed by atoms with E-state index in [1.165, 1.54) is 18.9 Å². The molecule has 2 aromatic carbocycles. The first-order chi connectivity index (χ1) is 11.2. The summed E-state index contributed by atoms with van der Waals surface area (Å²) in [6.07, 6.45) is 3.70. The summed E-state index contributed by atoms with van der Waals surface area (Å²) in [6, 6.07) is 14.8. The summed E-state index contributed by atoms with van der Waals surface area (Å²) in [4.78, 5) is 15.8. The molecule has 116 valence electrons. The lowest BCUT2D eigenvalue weighted by Gasteiger charge is -2.05. The highest BCUT2D eigenvalue weighted by molar-refractivity contribution is 8.13. The fraction of sp³-hybridized carbons (Fsp3) is 0.118. The van der Waals surface area contributed by atoms with Gasteiger partial charge >= 0.3 is 5.97 Å². The second-order valence-electron chi connectivity index (χ2n) is 4.47. The molecule has 0 aromatic heterocycles. The van der Waals surface area contributed by atoms with E-state index in [9.17, 15) is 4.79 Å². The zero-order chi connectivity index (χ0) is 16.7. The summed E-state index contributed by atoms with van der Waals surface area (Å²) in [5.41, 5.74) is 3.28. The molecule has 0 unspecified atom stereocenters. The number of rotatable bonds is 3. The van der Waals surface area contributed by atoms with Gasteiger partial charge in [-0.1, -0.05) is 36.0 Å². The number of carbonyl (C=O) groups is 1. The number of nitrogens with zero attached hydrogens (tertiary/aromatic N) is 2. The molecular formula is C17H15N3O2S. The quantitative estimate of drug-likeness (QED) is 0.307. The number of ether oxygens (including phenoxy) is 1. The number of esters is 1. The molecule has 0 fully saturated rings. The van der Waals surface area contributed by atoms with Gasteiger partial charge in [0, 0.05) is 0 Å². The lowest BCUT2D eigenvalue weighted by Crippen LogP contribution is -2.12. The molecule has 1 N–H and O–H groups in total. The number of amidine groups is 1. The van der Waals surface area contributed by atoms with Crippen molar-refractivity contribution in [2.45, 2.75) is 0 Å². The van der Waals surface area contributed by atoms with Gasteiger partial charge in [-0.3, -0.25) is 5.32 Å². The Morgan fingerprint density at radius 1 is 1.13 bits per heavy atom. The maximum absolute atomic E-state index is 11.4. The predicted molar refractivity (Wildman–Crippen MR) is 92.6 cm³/mol. The largest absolute Gasteiger partial charge is 0.465 e. The molecule has 0 bridgehead atoms. The van der Waals surface area contributed by atoms with Crippen LogP contribution in [0.5, 0.6) is 0 Å². The Balaban J connectivity index is 2.19. The predicted octanol–water partition coefficient (Wildman–Crippen LogP) is 3.56. The van der Waals surface area contributed by atoms with E-state index in [0.29, 0.717) is 10.7 Å². The number of thioether (sulfide) groups is 1. The highest BCUT2D eigenvalue weighted by Gasteiger charge is 2.05. The van der Waals surface area contributed by atoms with Gasteiger partial charge in [0.25, 0.3) is 0 Å². The number of aliphatic imine (C=N–C) groups is 1. The Bertz CT molecular complexity index is 747. The molecule has 6 heteroatoms. The molecule has 0 spiro atoms. The van der Waals surface area contributed by atoms with Crippen molar-refractivity contribution in [3.05, 3.63) is 54.1 Å². The van der Waals surface area contributed by atoms with E-state index < -0.39 is 0 Å². The number of nitriles is 1. The highest BCUT2D eigenvalue weighted by atomic mass is 32.2. The van der Waals surface area contributed by atoms with Gasteiger partial charge in [-0.2, -0.15) is 5.26 Å². The molecule has 0 radical (unpaired) electrons. The van der Waals surface area contributed by atoms with Crippen molar-refractivity contribution in [2.24, 2.45) is 4.99 Å². The van der Waals surface area contributed by atoms with Crippen LogP contribution in [-0.2, 0) is 4.74 Å². The smallest absolute Gasteiger partial charge is 0.337 e. The van der Waals surface area contributed by atoms with Gasteiger partial charge < -0.3 is 4.74 Å². The Hall–Kier alpha value is -2.78. The molecule has 0 heterocycles. The average Bonchev–Trinajstić information content (AvgIpc) is 2.61. The van der Waals surface area contributed by atoms with Crippen molar-refractivity contribution in [3.63, 3.8) is 0 Å². The number of benzene rings is 2. The van der Waals surface area contributed by atoms with Crippen LogP contribution in [0.1, 0.15) is 10.4 Å². The Morgan fingerprint density at radius 2 is 1.70 bits per heavy atom. The van der Waals surface area contributed by atoms with Crippen LogP contribution in [0, 0.1) is 11.5 Å². The molecule has 0 amide bonds. The zero-order valence-electron chi connectivity index (χ0n) is 12.7. The number of hydrogen-bond acceptors (Lipinski definition) is 5. The summed E-state index contributed by atoms with van der Waals surface area (Å²) < 4.78 is 4.68. The van der Waals surface area contributed by atoms with Crippen LogP contribution in [-0.4, -0.2) is 24.5 Å². The van der Waals surface area contributed by atoms with Crippen molar-refractivity contribution >= 4 is 28.6 Å². The third kappa shape index (κ3) is 4.34. The van der Waals surface area contributed by atoms with Crippen LogP contribution < -0.4 is 5.32 Å². The summed E-state index contributed by atoms with van der Waals surface area (Å²) >= 11 is 1.37. The number of carbonyl (C=O) groups excluding carboxylic acids is 1. The van der Waals surface area contributed by atoms with Crippen LogP contribution >= 0.6 is 11.8 Å². The standard InChI is InChI=1S/C17H15N3O2S/c1-22-16(21)14-5-3-12(4-6-14)13-7-9-15(10-8-13)20-17(23-2)19-11-18/h3-10H,1-2H3,(H,19,20). The van der Waals surface area contributed by atoms with Crippen molar-refractivity contribution in [3.8, 4) is 17.3 Å². The minimum atomic E-state index is -0.351. The fourth-order valence-corrected chi connectivity index (χ4v) is 2.28. The molecule has 0 aliphatic rings. The Kier molecular flexibility index (Phi) is 5.78. The minimum absolute atomic E-state index is 0.351. The maximum Gasteiger partial charge on any atom is 0.337 e. The van der Waals surface area contributed by atoms with Crippen molar-refractivity contribution in [1.82, 2.24) is 5.32 Å². The van der Waals surface area contributed by atoms with Crippen LogP contribution in [0.2, 0.25) is 0 Å². The van der Waals surface area contributed by atoms with Crippen LogP contribution in [0.4, 0.5) is 5.69 Å². The third-order valence-corrected chi connectivity index (χ3v) is 3.67. The Labute approximate surface area is 139 Å². The molecule has 5 nitrogen and oxygen atoms in total. The first-order valence-electron chi connectivity index (χ1n) is 6.74. The molecule has 0 aliphatic carbocycles. The first-order valence-corrected chi connectivity index (χ1v) is 7.97. The lowest BCUT2D eigenvalue weighted by molar-refractivity contribution is 0.0601. The molecule has 23 heavy (non-hydrogen) atoms. The summed E-state index contributed by atoms with van der Waals surface area (Å²) in [6.45, 7) is 0. The third-order valence-electron chi connectivity index (χ3n) is 3.09. The van der Waals surface area contributed by atoms with Crippen LogP contribution in [0.3, 0.4) is 0 Å². The van der Waals surface area contributed by atoms with Gasteiger partial charge in [0.15, 0.2) is 11.4 Å². The maximum atomic E-state index is 11.4. The van der Waals surface area contributed by atoms with Crippen molar-refractivity contribution in [2.75, 3.05) is 13.4 Å². The van der Waals surface area contributed by atoms with Gasteiger partial charge in [-0.25, -0.2) is 9.79 Å². The SMILES string of the molecule is COC(=O)c1ccc(-c2ccc(N=C(NC#N)SC)cc2)cc1.